The third-order valence-electron chi connectivity index (χ3n) is 2.54. The third-order valence-corrected chi connectivity index (χ3v) is 2.77. The highest BCUT2D eigenvalue weighted by molar-refractivity contribution is 6.30. The van der Waals surface area contributed by atoms with Gasteiger partial charge in [-0.25, -0.2) is 15.0 Å². The normalized spacial score (nSPS) is 10.7. The van der Waals surface area contributed by atoms with E-state index in [2.05, 4.69) is 20.3 Å². The first-order valence-electron chi connectivity index (χ1n) is 5.45. The van der Waals surface area contributed by atoms with Gasteiger partial charge in [-0.1, -0.05) is 11.6 Å². The van der Waals surface area contributed by atoms with Crippen molar-refractivity contribution in [1.29, 1.82) is 0 Å². The van der Waals surface area contributed by atoms with Gasteiger partial charge in [0.2, 0.25) is 5.78 Å². The topological polar surface area (TPSA) is 55.1 Å². The molecule has 0 aliphatic rings. The van der Waals surface area contributed by atoms with E-state index >= 15 is 0 Å². The molecule has 1 N–H and O–H groups in total. The number of aromatic nitrogens is 4. The number of pyridine rings is 1. The third kappa shape index (κ3) is 2.12. The number of nitrogens with zero attached hydrogens (tertiary/aromatic N) is 4. The van der Waals surface area contributed by atoms with Crippen molar-refractivity contribution in [2.24, 2.45) is 0 Å². The van der Waals surface area contributed by atoms with Crippen LogP contribution in [0.3, 0.4) is 0 Å². The Morgan fingerprint density at radius 2 is 2.11 bits per heavy atom. The smallest absolute Gasteiger partial charge is 0.233 e. The van der Waals surface area contributed by atoms with Gasteiger partial charge in [0.05, 0.1) is 23.5 Å². The summed E-state index contributed by atoms with van der Waals surface area (Å²) in [5.74, 6) is 1.47. The second-order valence-electron chi connectivity index (χ2n) is 3.75. The minimum Gasteiger partial charge on any atom is -0.364 e. The van der Waals surface area contributed by atoms with E-state index in [0.717, 1.165) is 11.5 Å². The van der Waals surface area contributed by atoms with Crippen molar-refractivity contribution in [3.63, 3.8) is 0 Å². The predicted octanol–water partition coefficient (Wildman–Crippen LogP) is 2.39. The minimum absolute atomic E-state index is 0.625. The highest BCUT2D eigenvalue weighted by Crippen LogP contribution is 2.11. The molecule has 0 radical (unpaired) electrons. The molecule has 0 atom stereocenters. The monoisotopic (exact) mass is 259 g/mol. The number of hydrogen-bond acceptors (Lipinski definition) is 4. The van der Waals surface area contributed by atoms with Crippen LogP contribution in [0.25, 0.3) is 5.78 Å². The predicted molar refractivity (Wildman–Crippen MR) is 69.6 cm³/mol. The van der Waals surface area contributed by atoms with Gasteiger partial charge >= 0.3 is 0 Å². The van der Waals surface area contributed by atoms with E-state index in [0.29, 0.717) is 17.3 Å². The van der Waals surface area contributed by atoms with Crippen LogP contribution in [-0.4, -0.2) is 19.4 Å². The fourth-order valence-corrected chi connectivity index (χ4v) is 1.78. The minimum atomic E-state index is 0.625. The molecule has 3 heterocycles. The van der Waals surface area contributed by atoms with E-state index in [-0.39, 0.29) is 0 Å². The highest BCUT2D eigenvalue weighted by atomic mass is 35.5. The van der Waals surface area contributed by atoms with Crippen LogP contribution in [0.4, 0.5) is 5.82 Å². The summed E-state index contributed by atoms with van der Waals surface area (Å²) in [7, 11) is 0. The largest absolute Gasteiger partial charge is 0.364 e. The van der Waals surface area contributed by atoms with Gasteiger partial charge in [-0.15, -0.1) is 0 Å². The lowest BCUT2D eigenvalue weighted by Gasteiger charge is -2.04. The maximum atomic E-state index is 5.78. The lowest BCUT2D eigenvalue weighted by molar-refractivity contribution is 0.977. The molecule has 90 valence electrons. The Balaban J connectivity index is 1.79. The van der Waals surface area contributed by atoms with Gasteiger partial charge in [-0.3, -0.25) is 4.40 Å². The van der Waals surface area contributed by atoms with Gasteiger partial charge in [-0.2, -0.15) is 0 Å². The van der Waals surface area contributed by atoms with Gasteiger partial charge in [0.15, 0.2) is 0 Å². The summed E-state index contributed by atoms with van der Waals surface area (Å²) in [6, 6.07) is 5.51. The maximum Gasteiger partial charge on any atom is 0.233 e. The summed E-state index contributed by atoms with van der Waals surface area (Å²) in [4.78, 5) is 12.5. The molecule has 0 saturated heterocycles. The molecule has 0 aliphatic heterocycles. The van der Waals surface area contributed by atoms with Crippen LogP contribution >= 0.6 is 11.6 Å². The lowest BCUT2D eigenvalue weighted by Crippen LogP contribution is -2.03. The quantitative estimate of drug-likeness (QED) is 0.785. The molecule has 3 aromatic rings. The summed E-state index contributed by atoms with van der Waals surface area (Å²) < 4.78 is 1.93. The second kappa shape index (κ2) is 4.62. The maximum absolute atomic E-state index is 5.78. The first-order chi connectivity index (χ1) is 8.83. The second-order valence-corrected chi connectivity index (χ2v) is 4.19. The van der Waals surface area contributed by atoms with Crippen molar-refractivity contribution in [3.8, 4) is 0 Å². The average Bonchev–Trinajstić information content (AvgIpc) is 2.82. The van der Waals surface area contributed by atoms with Crippen molar-refractivity contribution in [1.82, 2.24) is 19.4 Å². The molecule has 0 saturated carbocycles. The van der Waals surface area contributed by atoms with Gasteiger partial charge in [0, 0.05) is 18.6 Å². The van der Waals surface area contributed by atoms with Crippen LogP contribution < -0.4 is 5.32 Å². The number of halogens is 1. The van der Waals surface area contributed by atoms with Gasteiger partial charge in [0.1, 0.15) is 5.82 Å². The summed E-state index contributed by atoms with van der Waals surface area (Å²) in [5.41, 5.74) is 1.02. The molecule has 5 nitrogen and oxygen atoms in total. The van der Waals surface area contributed by atoms with Crippen LogP contribution in [0.2, 0.25) is 5.02 Å². The Kier molecular flexibility index (Phi) is 2.82. The van der Waals surface area contributed by atoms with Crippen molar-refractivity contribution >= 4 is 23.2 Å². The molecule has 0 aliphatic carbocycles. The summed E-state index contributed by atoms with van der Waals surface area (Å²) in [6.45, 7) is 0.626. The van der Waals surface area contributed by atoms with E-state index < -0.39 is 0 Å². The van der Waals surface area contributed by atoms with Crippen LogP contribution in [0, 0.1) is 0 Å². The fourth-order valence-electron chi connectivity index (χ4n) is 1.67. The molecule has 18 heavy (non-hydrogen) atoms. The molecule has 6 heteroatoms. The van der Waals surface area contributed by atoms with Crippen molar-refractivity contribution in [3.05, 3.63) is 53.7 Å². The summed E-state index contributed by atoms with van der Waals surface area (Å²) >= 11 is 5.78. The van der Waals surface area contributed by atoms with Crippen LogP contribution in [0.1, 0.15) is 5.69 Å². The van der Waals surface area contributed by atoms with E-state index in [1.54, 1.807) is 24.7 Å². The molecule has 0 fully saturated rings. The molecule has 0 bridgehead atoms. The SMILES string of the molecule is Clc1ccc(NCc2cnc3ncccn23)nc1. The number of imidazole rings is 1. The molecule has 0 aromatic carbocycles. The zero-order valence-electron chi connectivity index (χ0n) is 9.42. The van der Waals surface area contributed by atoms with Gasteiger partial charge < -0.3 is 5.32 Å². The van der Waals surface area contributed by atoms with E-state index in [4.69, 9.17) is 11.6 Å². The van der Waals surface area contributed by atoms with E-state index in [9.17, 15) is 0 Å². The summed E-state index contributed by atoms with van der Waals surface area (Å²) in [6.07, 6.45) is 7.06. The molecule has 0 spiro atoms. The first kappa shape index (κ1) is 11.0. The number of hydrogen-bond donors (Lipinski definition) is 1. The molecule has 0 amide bonds. The zero-order chi connectivity index (χ0) is 12.4. The number of anilines is 1. The Morgan fingerprint density at radius 1 is 1.17 bits per heavy atom. The Labute approximate surface area is 108 Å². The lowest BCUT2D eigenvalue weighted by atomic mass is 10.4. The van der Waals surface area contributed by atoms with Crippen molar-refractivity contribution in [2.45, 2.75) is 6.54 Å². The molecular formula is C12H10ClN5. The van der Waals surface area contributed by atoms with E-state index in [1.165, 1.54) is 0 Å². The number of nitrogens with one attached hydrogen (secondary N) is 1. The zero-order valence-corrected chi connectivity index (χ0v) is 10.2. The Morgan fingerprint density at radius 3 is 2.94 bits per heavy atom. The highest BCUT2D eigenvalue weighted by Gasteiger charge is 2.03. The summed E-state index contributed by atoms with van der Waals surface area (Å²) in [5, 5.41) is 3.83. The number of fused-ring (bicyclic) bond motifs is 1. The number of rotatable bonds is 3. The van der Waals surface area contributed by atoms with Crippen LogP contribution in [0.15, 0.2) is 43.0 Å². The van der Waals surface area contributed by atoms with Gasteiger partial charge in [0.25, 0.3) is 0 Å². The Hall–Kier alpha value is -2.14. The molecule has 0 unspecified atom stereocenters. The Bertz CT molecular complexity index is 662. The molecular weight excluding hydrogens is 250 g/mol. The molecule has 3 aromatic heterocycles. The van der Waals surface area contributed by atoms with Crippen LogP contribution in [-0.2, 0) is 6.54 Å². The van der Waals surface area contributed by atoms with E-state index in [1.807, 2.05) is 22.7 Å². The average molecular weight is 260 g/mol. The van der Waals surface area contributed by atoms with Crippen molar-refractivity contribution < 1.29 is 0 Å². The first-order valence-corrected chi connectivity index (χ1v) is 5.83. The van der Waals surface area contributed by atoms with Crippen molar-refractivity contribution in [2.75, 3.05) is 5.32 Å². The standard InChI is InChI=1S/C12H10ClN5/c13-9-2-3-11(15-6-9)16-7-10-8-17-12-14-4-1-5-18(10)12/h1-6,8H,7H2,(H,15,16). The van der Waals surface area contributed by atoms with Gasteiger partial charge in [-0.05, 0) is 18.2 Å². The molecule has 3 rings (SSSR count). The van der Waals surface area contributed by atoms with Crippen LogP contribution in [0.5, 0.6) is 0 Å². The fraction of sp³-hybridized carbons (Fsp3) is 0.0833.